The van der Waals surface area contributed by atoms with Gasteiger partial charge in [-0.2, -0.15) is 16.8 Å². The first-order valence-electron chi connectivity index (χ1n) is 5.16. The van der Waals surface area contributed by atoms with E-state index in [-0.39, 0.29) is 11.5 Å². The van der Waals surface area contributed by atoms with E-state index in [9.17, 15) is 16.8 Å². The van der Waals surface area contributed by atoms with E-state index in [2.05, 4.69) is 4.18 Å². The van der Waals surface area contributed by atoms with Crippen molar-refractivity contribution in [2.24, 2.45) is 0 Å². The van der Waals surface area contributed by atoms with Crippen LogP contribution in [0.1, 0.15) is 5.56 Å². The summed E-state index contributed by atoms with van der Waals surface area (Å²) in [5, 5.41) is 0. The summed E-state index contributed by atoms with van der Waals surface area (Å²) in [7, 11) is -7.60. The van der Waals surface area contributed by atoms with Gasteiger partial charge in [0.25, 0.3) is 20.2 Å². The van der Waals surface area contributed by atoms with Gasteiger partial charge in [-0.1, -0.05) is 17.7 Å². The first-order valence-corrected chi connectivity index (χ1v) is 8.14. The summed E-state index contributed by atoms with van der Waals surface area (Å²) in [6.45, 7) is 1.56. The van der Waals surface area contributed by atoms with Crippen molar-refractivity contribution < 1.29 is 25.2 Å². The molecule has 1 aliphatic rings. The maximum absolute atomic E-state index is 11.8. The summed E-state index contributed by atoms with van der Waals surface area (Å²) in [6.07, 6.45) is -0.985. The summed E-state index contributed by atoms with van der Waals surface area (Å²) in [5.74, 6) is -0.446. The molecule has 0 aliphatic carbocycles. The maximum atomic E-state index is 11.8. The molecule has 0 radical (unpaired) electrons. The molecule has 0 spiro atoms. The summed E-state index contributed by atoms with van der Waals surface area (Å²) >= 11 is 0. The monoisotopic (exact) mass is 292 g/mol. The van der Waals surface area contributed by atoms with Gasteiger partial charge < -0.3 is 0 Å². The number of hydrogen-bond acceptors (Lipinski definition) is 6. The fourth-order valence-electron chi connectivity index (χ4n) is 1.50. The quantitative estimate of drug-likeness (QED) is 0.751. The molecule has 100 valence electrons. The van der Waals surface area contributed by atoms with Crippen molar-refractivity contribution in [3.05, 3.63) is 29.8 Å². The highest BCUT2D eigenvalue weighted by atomic mass is 32.2. The van der Waals surface area contributed by atoms with Crippen molar-refractivity contribution in [2.45, 2.75) is 17.9 Å². The molecule has 0 aromatic heterocycles. The smallest absolute Gasteiger partial charge is 0.267 e. The summed E-state index contributed by atoms with van der Waals surface area (Å²) in [5.41, 5.74) is 0.917. The van der Waals surface area contributed by atoms with Crippen LogP contribution < -0.4 is 0 Å². The summed E-state index contributed by atoms with van der Waals surface area (Å²) in [4.78, 5) is -0.00241. The number of aryl methyl sites for hydroxylation is 1. The van der Waals surface area contributed by atoms with Gasteiger partial charge in [0, 0.05) is 0 Å². The predicted octanol–water partition coefficient (Wildman–Crippen LogP) is 0.429. The Labute approximate surface area is 106 Å². The average molecular weight is 292 g/mol. The fourth-order valence-corrected chi connectivity index (χ4v) is 3.72. The van der Waals surface area contributed by atoms with Crippen molar-refractivity contribution >= 4 is 20.2 Å². The SMILES string of the molecule is Cc1ccc(S(=O)(=O)OC2COS(=O)(=O)C2)cc1. The third-order valence-electron chi connectivity index (χ3n) is 2.40. The average Bonchev–Trinajstić information content (AvgIpc) is 2.57. The van der Waals surface area contributed by atoms with Crippen molar-refractivity contribution in [1.82, 2.24) is 0 Å². The second kappa shape index (κ2) is 4.61. The lowest BCUT2D eigenvalue weighted by atomic mass is 10.2. The third-order valence-corrected chi connectivity index (χ3v) is 5.05. The van der Waals surface area contributed by atoms with E-state index in [0.29, 0.717) is 0 Å². The molecule has 1 fully saturated rings. The summed E-state index contributed by atoms with van der Waals surface area (Å²) in [6, 6.07) is 6.10. The van der Waals surface area contributed by atoms with Gasteiger partial charge >= 0.3 is 0 Å². The van der Waals surface area contributed by atoms with Gasteiger partial charge in [0.1, 0.15) is 11.9 Å². The first kappa shape index (κ1) is 13.5. The van der Waals surface area contributed by atoms with Crippen LogP contribution in [-0.4, -0.2) is 35.3 Å². The normalized spacial score (nSPS) is 23.1. The van der Waals surface area contributed by atoms with Crippen molar-refractivity contribution in [3.8, 4) is 0 Å². The van der Waals surface area contributed by atoms with Gasteiger partial charge in [-0.25, -0.2) is 0 Å². The van der Waals surface area contributed by atoms with E-state index >= 15 is 0 Å². The molecule has 1 aromatic carbocycles. The third kappa shape index (κ3) is 3.08. The molecule has 0 amide bonds. The highest BCUT2D eigenvalue weighted by Crippen LogP contribution is 2.19. The molecule has 0 N–H and O–H groups in total. The van der Waals surface area contributed by atoms with Gasteiger partial charge in [-0.3, -0.25) is 8.37 Å². The number of hydrogen-bond donors (Lipinski definition) is 0. The molecule has 2 rings (SSSR count). The first-order chi connectivity index (χ1) is 8.28. The highest BCUT2D eigenvalue weighted by molar-refractivity contribution is 7.87. The van der Waals surface area contributed by atoms with E-state index in [1.54, 1.807) is 12.1 Å². The molecular weight excluding hydrogens is 280 g/mol. The molecule has 1 saturated heterocycles. The van der Waals surface area contributed by atoms with E-state index in [1.807, 2.05) is 6.92 Å². The van der Waals surface area contributed by atoms with E-state index in [4.69, 9.17) is 4.18 Å². The molecule has 1 heterocycles. The summed E-state index contributed by atoms with van der Waals surface area (Å²) < 4.78 is 55.0. The standard InChI is InChI=1S/C10H12O6S2/c1-8-2-4-10(5-3-8)18(13,14)16-9-6-15-17(11,12)7-9/h2-5,9H,6-7H2,1H3. The molecule has 1 aromatic rings. The molecule has 18 heavy (non-hydrogen) atoms. The van der Waals surface area contributed by atoms with Crippen LogP contribution >= 0.6 is 0 Å². The minimum atomic E-state index is -3.96. The number of benzene rings is 1. The lowest BCUT2D eigenvalue weighted by Crippen LogP contribution is -2.22. The largest absolute Gasteiger partial charge is 0.297 e. The molecule has 6 nitrogen and oxygen atoms in total. The fraction of sp³-hybridized carbons (Fsp3) is 0.400. The predicted molar refractivity (Wildman–Crippen MR) is 63.0 cm³/mol. The Hall–Kier alpha value is -0.960. The second-order valence-electron chi connectivity index (χ2n) is 3.99. The van der Waals surface area contributed by atoms with E-state index in [1.165, 1.54) is 12.1 Å². The Morgan fingerprint density at radius 1 is 1.28 bits per heavy atom. The zero-order valence-corrected chi connectivity index (χ0v) is 11.2. The van der Waals surface area contributed by atoms with Crippen LogP contribution in [0.3, 0.4) is 0 Å². The molecule has 0 bridgehead atoms. The van der Waals surface area contributed by atoms with Gasteiger partial charge in [-0.05, 0) is 19.1 Å². The van der Waals surface area contributed by atoms with E-state index < -0.39 is 32.1 Å². The van der Waals surface area contributed by atoms with Crippen LogP contribution in [0.15, 0.2) is 29.2 Å². The van der Waals surface area contributed by atoms with Gasteiger partial charge in [-0.15, -0.1) is 0 Å². The van der Waals surface area contributed by atoms with E-state index in [0.717, 1.165) is 5.56 Å². The lowest BCUT2D eigenvalue weighted by molar-refractivity contribution is 0.185. The lowest BCUT2D eigenvalue weighted by Gasteiger charge is -2.09. The zero-order valence-electron chi connectivity index (χ0n) is 9.57. The van der Waals surface area contributed by atoms with Crippen LogP contribution in [0.25, 0.3) is 0 Å². The van der Waals surface area contributed by atoms with Gasteiger partial charge in [0.05, 0.1) is 11.5 Å². The number of rotatable bonds is 3. The Morgan fingerprint density at radius 2 is 1.89 bits per heavy atom. The molecule has 0 saturated carbocycles. The topological polar surface area (TPSA) is 86.7 Å². The van der Waals surface area contributed by atoms with Crippen molar-refractivity contribution in [1.29, 1.82) is 0 Å². The molecule has 1 unspecified atom stereocenters. The van der Waals surface area contributed by atoms with Crippen LogP contribution in [0.5, 0.6) is 0 Å². The zero-order chi connectivity index (χ0) is 13.4. The highest BCUT2D eigenvalue weighted by Gasteiger charge is 2.33. The minimum Gasteiger partial charge on any atom is -0.267 e. The van der Waals surface area contributed by atoms with Gasteiger partial charge in [0.2, 0.25) is 0 Å². The Morgan fingerprint density at radius 3 is 2.39 bits per heavy atom. The van der Waals surface area contributed by atoms with Crippen LogP contribution in [0, 0.1) is 6.92 Å². The van der Waals surface area contributed by atoms with Crippen molar-refractivity contribution in [3.63, 3.8) is 0 Å². The Bertz CT molecular complexity index is 629. The maximum Gasteiger partial charge on any atom is 0.297 e. The van der Waals surface area contributed by atoms with Crippen LogP contribution in [0.2, 0.25) is 0 Å². The molecule has 8 heteroatoms. The second-order valence-corrected chi connectivity index (χ2v) is 7.25. The van der Waals surface area contributed by atoms with Gasteiger partial charge in [0.15, 0.2) is 0 Å². The molecule has 1 aliphatic heterocycles. The molecular formula is C10H12O6S2. The minimum absolute atomic E-state index is 0.00241. The Kier molecular flexibility index (Phi) is 3.45. The Balaban J connectivity index is 2.16. The molecule has 1 atom stereocenters. The van der Waals surface area contributed by atoms with Crippen LogP contribution in [0.4, 0.5) is 0 Å². The van der Waals surface area contributed by atoms with Crippen molar-refractivity contribution in [2.75, 3.05) is 12.4 Å². The van der Waals surface area contributed by atoms with Crippen LogP contribution in [-0.2, 0) is 28.6 Å².